The van der Waals surface area contributed by atoms with E-state index >= 15 is 0 Å². The standard InChI is InChI=1S/C14H17N3O2/c15-8-11-3-5-12(6-4-11)16-14(19)9-17-7-1-2-13(17)10-18/h3-6,13,18H,1-2,7,9-10H2,(H,16,19). The van der Waals surface area contributed by atoms with Crippen LogP contribution in [0.5, 0.6) is 0 Å². The second kappa shape index (κ2) is 6.32. The van der Waals surface area contributed by atoms with Crippen molar-refractivity contribution in [3.8, 4) is 6.07 Å². The van der Waals surface area contributed by atoms with Gasteiger partial charge in [-0.05, 0) is 43.7 Å². The van der Waals surface area contributed by atoms with Crippen LogP contribution >= 0.6 is 0 Å². The van der Waals surface area contributed by atoms with Crippen molar-refractivity contribution in [3.63, 3.8) is 0 Å². The summed E-state index contributed by atoms with van der Waals surface area (Å²) in [4.78, 5) is 13.9. The molecule has 1 heterocycles. The third-order valence-electron chi connectivity index (χ3n) is 3.35. The average Bonchev–Trinajstić information content (AvgIpc) is 2.86. The number of amides is 1. The molecule has 1 saturated heterocycles. The third-order valence-corrected chi connectivity index (χ3v) is 3.35. The van der Waals surface area contributed by atoms with Gasteiger partial charge in [-0.1, -0.05) is 0 Å². The zero-order chi connectivity index (χ0) is 13.7. The number of anilines is 1. The lowest BCUT2D eigenvalue weighted by atomic mass is 10.2. The molecule has 5 nitrogen and oxygen atoms in total. The van der Waals surface area contributed by atoms with Crippen molar-refractivity contribution in [1.82, 2.24) is 4.90 Å². The van der Waals surface area contributed by atoms with Crippen molar-refractivity contribution >= 4 is 11.6 Å². The highest BCUT2D eigenvalue weighted by molar-refractivity contribution is 5.92. The fourth-order valence-electron chi connectivity index (χ4n) is 2.32. The van der Waals surface area contributed by atoms with Gasteiger partial charge in [-0.15, -0.1) is 0 Å². The second-order valence-corrected chi connectivity index (χ2v) is 4.69. The Morgan fingerprint density at radius 2 is 2.21 bits per heavy atom. The summed E-state index contributed by atoms with van der Waals surface area (Å²) >= 11 is 0. The van der Waals surface area contributed by atoms with Gasteiger partial charge >= 0.3 is 0 Å². The number of benzene rings is 1. The molecule has 100 valence electrons. The third kappa shape index (κ3) is 3.53. The molecule has 1 aliphatic rings. The molecule has 0 saturated carbocycles. The van der Waals surface area contributed by atoms with Gasteiger partial charge in [-0.3, -0.25) is 9.69 Å². The van der Waals surface area contributed by atoms with Gasteiger partial charge in [0, 0.05) is 11.7 Å². The lowest BCUT2D eigenvalue weighted by Gasteiger charge is -2.21. The van der Waals surface area contributed by atoms with Crippen LogP contribution in [0.2, 0.25) is 0 Å². The van der Waals surface area contributed by atoms with Gasteiger partial charge in [0.15, 0.2) is 0 Å². The van der Waals surface area contributed by atoms with Crippen LogP contribution in [-0.4, -0.2) is 41.7 Å². The first-order chi connectivity index (χ1) is 9.22. The number of nitriles is 1. The number of rotatable bonds is 4. The number of likely N-dealkylation sites (tertiary alicyclic amines) is 1. The fraction of sp³-hybridized carbons (Fsp3) is 0.429. The van der Waals surface area contributed by atoms with E-state index in [1.165, 1.54) is 0 Å². The van der Waals surface area contributed by atoms with E-state index in [9.17, 15) is 9.90 Å². The van der Waals surface area contributed by atoms with Crippen LogP contribution in [0.25, 0.3) is 0 Å². The summed E-state index contributed by atoms with van der Waals surface area (Å²) < 4.78 is 0. The molecule has 2 N–H and O–H groups in total. The summed E-state index contributed by atoms with van der Waals surface area (Å²) in [6, 6.07) is 8.90. The zero-order valence-electron chi connectivity index (χ0n) is 10.7. The molecule has 2 rings (SSSR count). The Hall–Kier alpha value is -1.90. The van der Waals surface area contributed by atoms with E-state index < -0.39 is 0 Å². The lowest BCUT2D eigenvalue weighted by Crippen LogP contribution is -2.38. The highest BCUT2D eigenvalue weighted by Crippen LogP contribution is 2.16. The quantitative estimate of drug-likeness (QED) is 0.844. The number of nitrogens with zero attached hydrogens (tertiary/aromatic N) is 2. The smallest absolute Gasteiger partial charge is 0.238 e. The monoisotopic (exact) mass is 259 g/mol. The van der Waals surface area contributed by atoms with Crippen molar-refractivity contribution < 1.29 is 9.90 Å². The van der Waals surface area contributed by atoms with E-state index in [4.69, 9.17) is 5.26 Å². The van der Waals surface area contributed by atoms with Crippen LogP contribution in [-0.2, 0) is 4.79 Å². The predicted octanol–water partition coefficient (Wildman–Crippen LogP) is 0.953. The molecule has 1 fully saturated rings. The fourth-order valence-corrected chi connectivity index (χ4v) is 2.32. The molecule has 1 aromatic rings. The number of hydrogen-bond acceptors (Lipinski definition) is 4. The first kappa shape index (κ1) is 13.5. The molecule has 1 aromatic carbocycles. The SMILES string of the molecule is N#Cc1ccc(NC(=O)CN2CCCC2CO)cc1. The minimum absolute atomic E-state index is 0.0925. The Bertz CT molecular complexity index is 478. The van der Waals surface area contributed by atoms with Crippen molar-refractivity contribution in [2.45, 2.75) is 18.9 Å². The molecule has 0 bridgehead atoms. The maximum atomic E-state index is 11.9. The molecule has 1 aliphatic heterocycles. The van der Waals surface area contributed by atoms with Crippen molar-refractivity contribution in [2.24, 2.45) is 0 Å². The molecule has 1 unspecified atom stereocenters. The first-order valence-corrected chi connectivity index (χ1v) is 6.38. The van der Waals surface area contributed by atoms with Gasteiger partial charge in [-0.2, -0.15) is 5.26 Å². The summed E-state index contributed by atoms with van der Waals surface area (Å²) in [5.74, 6) is -0.0925. The molecule has 0 radical (unpaired) electrons. The molecule has 5 heteroatoms. The number of hydrogen-bond donors (Lipinski definition) is 2. The van der Waals surface area contributed by atoms with Crippen LogP contribution < -0.4 is 5.32 Å². The molecular weight excluding hydrogens is 242 g/mol. The van der Waals surface area contributed by atoms with Gasteiger partial charge in [0.05, 0.1) is 24.8 Å². The maximum absolute atomic E-state index is 11.9. The van der Waals surface area contributed by atoms with Gasteiger partial charge in [0.1, 0.15) is 0 Å². The topological polar surface area (TPSA) is 76.4 Å². The van der Waals surface area contributed by atoms with E-state index in [0.717, 1.165) is 19.4 Å². The Kier molecular flexibility index (Phi) is 4.50. The normalized spacial score (nSPS) is 19.1. The summed E-state index contributed by atoms with van der Waals surface area (Å²) in [5.41, 5.74) is 1.25. The van der Waals surface area contributed by atoms with Crippen molar-refractivity contribution in [3.05, 3.63) is 29.8 Å². The van der Waals surface area contributed by atoms with Crippen molar-refractivity contribution in [1.29, 1.82) is 5.26 Å². The summed E-state index contributed by atoms with van der Waals surface area (Å²) in [5, 5.41) is 20.7. The molecule has 0 aliphatic carbocycles. The van der Waals surface area contributed by atoms with Gasteiger partial charge in [-0.25, -0.2) is 0 Å². The van der Waals surface area contributed by atoms with Crippen molar-refractivity contribution in [2.75, 3.05) is 25.0 Å². The number of aliphatic hydroxyl groups is 1. The summed E-state index contributed by atoms with van der Waals surface area (Å²) in [7, 11) is 0. The Balaban J connectivity index is 1.88. The van der Waals surface area contributed by atoms with E-state index in [1.54, 1.807) is 24.3 Å². The number of carbonyl (C=O) groups is 1. The van der Waals surface area contributed by atoms with Crippen LogP contribution in [0.4, 0.5) is 5.69 Å². The first-order valence-electron chi connectivity index (χ1n) is 6.38. The predicted molar refractivity (Wildman–Crippen MR) is 71.5 cm³/mol. The van der Waals surface area contributed by atoms with Crippen LogP contribution in [0.15, 0.2) is 24.3 Å². The number of nitrogens with one attached hydrogen (secondary N) is 1. The minimum Gasteiger partial charge on any atom is -0.395 e. The minimum atomic E-state index is -0.0925. The molecule has 19 heavy (non-hydrogen) atoms. The summed E-state index contributed by atoms with van der Waals surface area (Å²) in [6.45, 7) is 1.25. The van der Waals surface area contributed by atoms with Crippen LogP contribution in [0.3, 0.4) is 0 Å². The average molecular weight is 259 g/mol. The Morgan fingerprint density at radius 3 is 2.84 bits per heavy atom. The molecule has 0 spiro atoms. The van der Waals surface area contributed by atoms with E-state index in [1.807, 2.05) is 11.0 Å². The highest BCUT2D eigenvalue weighted by Gasteiger charge is 2.25. The second-order valence-electron chi connectivity index (χ2n) is 4.69. The lowest BCUT2D eigenvalue weighted by molar-refractivity contribution is -0.117. The highest BCUT2D eigenvalue weighted by atomic mass is 16.3. The number of carbonyl (C=O) groups excluding carboxylic acids is 1. The molecular formula is C14H17N3O2. The molecule has 0 aromatic heterocycles. The maximum Gasteiger partial charge on any atom is 0.238 e. The largest absolute Gasteiger partial charge is 0.395 e. The van der Waals surface area contributed by atoms with E-state index in [0.29, 0.717) is 17.8 Å². The van der Waals surface area contributed by atoms with E-state index in [-0.39, 0.29) is 18.6 Å². The summed E-state index contributed by atoms with van der Waals surface area (Å²) in [6.07, 6.45) is 1.97. The zero-order valence-corrected chi connectivity index (χ0v) is 10.7. The van der Waals surface area contributed by atoms with Crippen LogP contribution in [0, 0.1) is 11.3 Å². The number of aliphatic hydroxyl groups excluding tert-OH is 1. The van der Waals surface area contributed by atoms with E-state index in [2.05, 4.69) is 5.32 Å². The Morgan fingerprint density at radius 1 is 1.47 bits per heavy atom. The Labute approximate surface area is 112 Å². The van der Waals surface area contributed by atoms with Gasteiger partial charge in [0.2, 0.25) is 5.91 Å². The van der Waals surface area contributed by atoms with Gasteiger partial charge in [0.25, 0.3) is 0 Å². The van der Waals surface area contributed by atoms with Crippen LogP contribution in [0.1, 0.15) is 18.4 Å². The van der Waals surface area contributed by atoms with Gasteiger partial charge < -0.3 is 10.4 Å². The molecule has 1 atom stereocenters. The molecule has 1 amide bonds.